The lowest BCUT2D eigenvalue weighted by Crippen LogP contribution is -2.22. The summed E-state index contributed by atoms with van der Waals surface area (Å²) in [6.45, 7) is 2.90. The molecular weight excluding hydrogens is 318 g/mol. The number of urea groups is 1. The zero-order valence-electron chi connectivity index (χ0n) is 13.8. The lowest BCUT2D eigenvalue weighted by atomic mass is 10.2. The lowest BCUT2D eigenvalue weighted by molar-refractivity contribution is 0.262. The first-order chi connectivity index (χ1) is 12.1. The molecule has 0 bridgehead atoms. The number of aromatic nitrogens is 3. The number of nitrogens with two attached hydrogens (primary N) is 1. The minimum atomic E-state index is -0.460. The number of nitrogens with one attached hydrogen (secondary N) is 3. The maximum atomic E-state index is 12.2. The third-order valence-electron chi connectivity index (χ3n) is 3.37. The number of aryl methyl sites for hydroxylation is 1. The molecule has 0 unspecified atom stereocenters. The number of rotatable bonds is 5. The van der Waals surface area contributed by atoms with Crippen LogP contribution < -0.4 is 21.7 Å². The van der Waals surface area contributed by atoms with Gasteiger partial charge in [0.25, 0.3) is 0 Å². The fraction of sp³-hybridized carbons (Fsp3) is 0.176. The van der Waals surface area contributed by atoms with Crippen LogP contribution in [0.5, 0.6) is 0 Å². The van der Waals surface area contributed by atoms with Crippen molar-refractivity contribution >= 4 is 34.5 Å². The Kier molecular flexibility index (Phi) is 5.00. The van der Waals surface area contributed by atoms with Gasteiger partial charge in [0, 0.05) is 30.2 Å². The summed E-state index contributed by atoms with van der Waals surface area (Å²) in [7, 11) is 0. The number of para-hydroxylation sites is 1. The fourth-order valence-electron chi connectivity index (χ4n) is 2.30. The lowest BCUT2D eigenvalue weighted by Gasteiger charge is -2.09. The predicted octanol–water partition coefficient (Wildman–Crippen LogP) is 2.35. The first-order valence-electron chi connectivity index (χ1n) is 7.87. The molecule has 0 fully saturated rings. The summed E-state index contributed by atoms with van der Waals surface area (Å²) in [5, 5.41) is 9.36. The van der Waals surface area contributed by atoms with Crippen LogP contribution in [0, 0.1) is 6.92 Å². The van der Waals surface area contributed by atoms with Gasteiger partial charge in [-0.05, 0) is 25.1 Å². The van der Waals surface area contributed by atoms with Gasteiger partial charge in [0.1, 0.15) is 11.6 Å². The third-order valence-corrected chi connectivity index (χ3v) is 3.37. The number of amides is 2. The Hall–Kier alpha value is -3.26. The average molecular weight is 337 g/mol. The molecule has 2 aromatic heterocycles. The van der Waals surface area contributed by atoms with Crippen molar-refractivity contribution in [1.82, 2.24) is 15.0 Å². The standard InChI is InChI=1S/C17H19N7O/c1-11-10-15(19-9-8-18)22-16(20-11)24-17(25)23-14-7-6-12-4-2-3-5-13(12)21-14/h2-7,10H,8-9,18H2,1H3,(H3,19,20,21,22,23,24,25). The second-order valence-electron chi connectivity index (χ2n) is 5.40. The van der Waals surface area contributed by atoms with Crippen molar-refractivity contribution in [3.8, 4) is 0 Å². The van der Waals surface area contributed by atoms with Crippen LogP contribution in [-0.2, 0) is 0 Å². The minimum absolute atomic E-state index is 0.206. The van der Waals surface area contributed by atoms with E-state index in [1.54, 1.807) is 12.1 Å². The smallest absolute Gasteiger partial charge is 0.327 e. The number of fused-ring (bicyclic) bond motifs is 1. The maximum Gasteiger partial charge on any atom is 0.327 e. The molecule has 0 spiro atoms. The number of nitrogens with zero attached hydrogens (tertiary/aromatic N) is 3. The van der Waals surface area contributed by atoms with E-state index in [1.807, 2.05) is 37.3 Å². The van der Waals surface area contributed by atoms with Crippen LogP contribution in [0.1, 0.15) is 5.69 Å². The van der Waals surface area contributed by atoms with Crippen LogP contribution in [0.4, 0.5) is 22.4 Å². The van der Waals surface area contributed by atoms with Crippen molar-refractivity contribution in [2.45, 2.75) is 6.92 Å². The summed E-state index contributed by atoms with van der Waals surface area (Å²) in [6, 6.07) is 12.6. The highest BCUT2D eigenvalue weighted by atomic mass is 16.2. The molecular formula is C17H19N7O. The molecule has 8 nitrogen and oxygen atoms in total. The molecule has 1 aromatic carbocycles. The van der Waals surface area contributed by atoms with Crippen LogP contribution in [0.25, 0.3) is 10.9 Å². The molecule has 0 radical (unpaired) electrons. The monoisotopic (exact) mass is 337 g/mol. The quantitative estimate of drug-likeness (QED) is 0.567. The average Bonchev–Trinajstić information content (AvgIpc) is 2.59. The summed E-state index contributed by atoms with van der Waals surface area (Å²) < 4.78 is 0. The van der Waals surface area contributed by atoms with Crippen molar-refractivity contribution in [3.63, 3.8) is 0 Å². The van der Waals surface area contributed by atoms with Gasteiger partial charge < -0.3 is 11.1 Å². The number of hydrogen-bond donors (Lipinski definition) is 4. The molecule has 0 aliphatic heterocycles. The highest BCUT2D eigenvalue weighted by Crippen LogP contribution is 2.15. The van der Waals surface area contributed by atoms with E-state index in [2.05, 4.69) is 30.9 Å². The molecule has 3 rings (SSSR count). The summed E-state index contributed by atoms with van der Waals surface area (Å²) in [5.41, 5.74) is 7.00. The van der Waals surface area contributed by atoms with E-state index in [1.165, 1.54) is 0 Å². The highest BCUT2D eigenvalue weighted by Gasteiger charge is 2.08. The number of pyridine rings is 1. The minimum Gasteiger partial charge on any atom is -0.369 e. The zero-order chi connectivity index (χ0) is 17.6. The van der Waals surface area contributed by atoms with Gasteiger partial charge >= 0.3 is 6.03 Å². The normalized spacial score (nSPS) is 10.5. The van der Waals surface area contributed by atoms with E-state index in [-0.39, 0.29) is 5.95 Å². The van der Waals surface area contributed by atoms with Gasteiger partial charge in [0.15, 0.2) is 0 Å². The molecule has 0 aliphatic rings. The summed E-state index contributed by atoms with van der Waals surface area (Å²) in [5.74, 6) is 1.26. The molecule has 128 valence electrons. The van der Waals surface area contributed by atoms with Crippen molar-refractivity contribution in [3.05, 3.63) is 48.2 Å². The summed E-state index contributed by atoms with van der Waals surface area (Å²) >= 11 is 0. The number of carbonyl (C=O) groups is 1. The summed E-state index contributed by atoms with van der Waals surface area (Å²) in [6.07, 6.45) is 0. The molecule has 0 saturated heterocycles. The maximum absolute atomic E-state index is 12.2. The molecule has 5 N–H and O–H groups in total. The molecule has 2 heterocycles. The van der Waals surface area contributed by atoms with Gasteiger partial charge in [-0.2, -0.15) is 4.98 Å². The van der Waals surface area contributed by atoms with Gasteiger partial charge in [0.2, 0.25) is 5.95 Å². The predicted molar refractivity (Wildman–Crippen MR) is 98.7 cm³/mol. The Morgan fingerprint density at radius 3 is 2.72 bits per heavy atom. The first-order valence-corrected chi connectivity index (χ1v) is 7.87. The molecule has 2 amide bonds. The summed E-state index contributed by atoms with van der Waals surface area (Å²) in [4.78, 5) is 25.0. The van der Waals surface area contributed by atoms with Crippen molar-refractivity contribution in [1.29, 1.82) is 0 Å². The van der Waals surface area contributed by atoms with Gasteiger partial charge in [-0.15, -0.1) is 0 Å². The zero-order valence-corrected chi connectivity index (χ0v) is 13.8. The van der Waals surface area contributed by atoms with E-state index in [0.717, 1.165) is 16.6 Å². The van der Waals surface area contributed by atoms with E-state index in [0.29, 0.717) is 24.7 Å². The Labute approximate surface area is 144 Å². The Bertz CT molecular complexity index is 897. The first kappa shape index (κ1) is 16.6. The van der Waals surface area contributed by atoms with Crippen molar-refractivity contribution < 1.29 is 4.79 Å². The van der Waals surface area contributed by atoms with E-state index in [4.69, 9.17) is 5.73 Å². The van der Waals surface area contributed by atoms with E-state index < -0.39 is 6.03 Å². The van der Waals surface area contributed by atoms with Crippen molar-refractivity contribution in [2.24, 2.45) is 5.73 Å². The molecule has 0 saturated carbocycles. The highest BCUT2D eigenvalue weighted by molar-refractivity contribution is 5.98. The van der Waals surface area contributed by atoms with Gasteiger partial charge in [-0.1, -0.05) is 18.2 Å². The molecule has 0 aliphatic carbocycles. The SMILES string of the molecule is Cc1cc(NCCN)nc(NC(=O)Nc2ccc3ccccc3n2)n1. The van der Waals surface area contributed by atoms with Gasteiger partial charge in [-0.3, -0.25) is 10.6 Å². The number of anilines is 3. The Morgan fingerprint density at radius 2 is 1.88 bits per heavy atom. The van der Waals surface area contributed by atoms with E-state index in [9.17, 15) is 4.79 Å². The fourth-order valence-corrected chi connectivity index (χ4v) is 2.30. The molecule has 8 heteroatoms. The second-order valence-corrected chi connectivity index (χ2v) is 5.40. The van der Waals surface area contributed by atoms with E-state index >= 15 is 0 Å². The number of benzene rings is 1. The van der Waals surface area contributed by atoms with Gasteiger partial charge in [-0.25, -0.2) is 14.8 Å². The molecule has 25 heavy (non-hydrogen) atoms. The second kappa shape index (κ2) is 7.54. The molecule has 0 atom stereocenters. The number of carbonyl (C=O) groups excluding carboxylic acids is 1. The van der Waals surface area contributed by atoms with Crippen molar-refractivity contribution in [2.75, 3.05) is 29.0 Å². The van der Waals surface area contributed by atoms with Crippen LogP contribution in [0.15, 0.2) is 42.5 Å². The Balaban J connectivity index is 1.70. The van der Waals surface area contributed by atoms with Gasteiger partial charge in [0.05, 0.1) is 5.52 Å². The van der Waals surface area contributed by atoms with Crippen LogP contribution >= 0.6 is 0 Å². The van der Waals surface area contributed by atoms with Crippen LogP contribution in [-0.4, -0.2) is 34.1 Å². The topological polar surface area (TPSA) is 118 Å². The number of hydrogen-bond acceptors (Lipinski definition) is 6. The van der Waals surface area contributed by atoms with Crippen LogP contribution in [0.2, 0.25) is 0 Å². The largest absolute Gasteiger partial charge is 0.369 e. The Morgan fingerprint density at radius 1 is 1.04 bits per heavy atom. The third kappa shape index (κ3) is 4.39. The van der Waals surface area contributed by atoms with Crippen LogP contribution in [0.3, 0.4) is 0 Å². The molecule has 3 aromatic rings.